The average Bonchev–Trinajstić information content (AvgIpc) is 0.751. The molecule has 7 aromatic carbocycles. The van der Waals surface area contributed by atoms with Crippen LogP contribution in [0.15, 0.2) is 115 Å². The van der Waals surface area contributed by atoms with Crippen molar-refractivity contribution in [3.8, 4) is 80.1 Å². The Bertz CT molecular complexity index is 5770. The number of hydrogen-bond donors (Lipinski definition) is 24. The Kier molecular flexibility index (Phi) is 34.1. The molecule has 9 aliphatic heterocycles. The van der Waals surface area contributed by atoms with Crippen molar-refractivity contribution in [3.63, 3.8) is 0 Å². The average molecular weight is 2010 g/mol. The van der Waals surface area contributed by atoms with E-state index in [-0.39, 0.29) is 63.9 Å². The number of likely N-dealkylation sites (N-methyl/N-ethyl adjacent to an activating group) is 1. The number of fused-ring (bicyclic) bond motifs is 14. The summed E-state index contributed by atoms with van der Waals surface area (Å²) in [6.07, 6.45) is -23.1. The number of rotatable bonds is 26. The minimum absolute atomic E-state index is 0.130. The van der Waals surface area contributed by atoms with Gasteiger partial charge in [0.1, 0.15) is 162 Å². The van der Waals surface area contributed by atoms with E-state index < -0.39 is 304 Å². The summed E-state index contributed by atoms with van der Waals surface area (Å²) in [5.74, 6) is -17.1. The van der Waals surface area contributed by atoms with Crippen LogP contribution in [-0.2, 0) is 68.5 Å². The van der Waals surface area contributed by atoms with Crippen LogP contribution in [0.3, 0.4) is 0 Å². The van der Waals surface area contributed by atoms with Crippen LogP contribution >= 0.6 is 23.2 Å². The number of amides is 9. The largest absolute Gasteiger partial charge is 0.508 e. The summed E-state index contributed by atoms with van der Waals surface area (Å²) >= 11 is 14.9. The molecule has 7 aromatic rings. The second kappa shape index (κ2) is 45.9. The maximum Gasteiger partial charge on any atom is 0.248 e. The van der Waals surface area contributed by atoms with Crippen LogP contribution in [0.1, 0.15) is 154 Å². The molecule has 0 unspecified atom stereocenters. The third kappa shape index (κ3) is 24.1. The van der Waals surface area contributed by atoms with Crippen molar-refractivity contribution >= 4 is 76.4 Å². The maximum absolute atomic E-state index is 17.2. The van der Waals surface area contributed by atoms with Crippen LogP contribution in [0.25, 0.3) is 11.1 Å². The third-order valence-electron chi connectivity index (χ3n) is 25.2. The van der Waals surface area contributed by atoms with Gasteiger partial charge in [-0.3, -0.25) is 43.2 Å². The number of ether oxygens (including phenoxy) is 9. The van der Waals surface area contributed by atoms with E-state index in [1.165, 1.54) is 49.5 Å². The molecule has 16 rings (SSSR count). The molecule has 0 spiro atoms. The first-order valence-electron chi connectivity index (χ1n) is 46.0. The number of hydrogen-bond acceptors (Lipinski definition) is 34. The molecule has 0 radical (unpaired) electrons. The van der Waals surface area contributed by atoms with Crippen molar-refractivity contribution in [2.75, 3.05) is 54.1 Å². The molecule has 141 heavy (non-hydrogen) atoms. The number of aliphatic hydroxyl groups excluding tert-OH is 10. The van der Waals surface area contributed by atoms with E-state index >= 15 is 28.8 Å². The molecule has 9 heterocycles. The molecule has 9 aliphatic rings. The Labute approximate surface area is 817 Å². The molecule has 0 saturated carbocycles. The molecule has 760 valence electrons. The number of nitrogens with one attached hydrogen (secondary N) is 10. The molecule has 0 aromatic heterocycles. The van der Waals surface area contributed by atoms with Gasteiger partial charge < -0.3 is 172 Å². The molecule has 43 nitrogen and oxygen atoms in total. The maximum atomic E-state index is 17.2. The van der Waals surface area contributed by atoms with Crippen LogP contribution in [0.5, 0.6) is 69.0 Å². The Morgan fingerprint density at radius 1 is 0.504 bits per heavy atom. The number of phenols is 4. The Morgan fingerprint density at radius 3 is 1.70 bits per heavy atom. The molecular weight excluding hydrogens is 1890 g/mol. The van der Waals surface area contributed by atoms with Gasteiger partial charge in [0.2, 0.25) is 71.5 Å². The predicted molar refractivity (Wildman–Crippen MR) is 496 cm³/mol. The smallest absolute Gasteiger partial charge is 0.248 e. The van der Waals surface area contributed by atoms with Gasteiger partial charge in [-0.1, -0.05) is 99.8 Å². The number of phenolic OH excluding ortho intramolecular Hbond substituents is 4. The first kappa shape index (κ1) is 105. The van der Waals surface area contributed by atoms with Gasteiger partial charge in [0, 0.05) is 49.6 Å². The van der Waals surface area contributed by atoms with Gasteiger partial charge in [-0.25, -0.2) is 0 Å². The van der Waals surface area contributed by atoms with E-state index in [2.05, 4.69) is 67.0 Å². The fraction of sp³-hybridized carbons (Fsp3) is 0.469. The number of nitrogens with zero attached hydrogens (tertiary/aromatic N) is 1. The number of aromatic hydroxyl groups is 4. The highest BCUT2D eigenvalue weighted by Crippen LogP contribution is 2.51. The lowest BCUT2D eigenvalue weighted by atomic mass is 9.89. The first-order valence-corrected chi connectivity index (χ1v) is 46.8. The Balaban J connectivity index is 1.04. The van der Waals surface area contributed by atoms with E-state index in [0.717, 1.165) is 112 Å². The van der Waals surface area contributed by atoms with E-state index in [9.17, 15) is 85.9 Å². The minimum atomic E-state index is -2.52. The van der Waals surface area contributed by atoms with Gasteiger partial charge in [0.25, 0.3) is 0 Å². The fourth-order valence-electron chi connectivity index (χ4n) is 17.8. The highest BCUT2D eigenvalue weighted by Gasteiger charge is 2.53. The third-order valence-corrected chi connectivity index (χ3v) is 25.8. The minimum Gasteiger partial charge on any atom is -0.508 e. The second-order valence-corrected chi connectivity index (χ2v) is 37.1. The summed E-state index contributed by atoms with van der Waals surface area (Å²) in [7, 11) is 4.90. The number of unbranched alkanes of at least 4 members (excludes halogenated alkanes) is 5. The van der Waals surface area contributed by atoms with Gasteiger partial charge in [0.05, 0.1) is 29.9 Å². The first-order chi connectivity index (χ1) is 67.3. The topological polar surface area (TPSA) is 643 Å². The van der Waals surface area contributed by atoms with E-state index in [1.807, 2.05) is 0 Å². The van der Waals surface area contributed by atoms with Crippen LogP contribution in [0, 0.1) is 5.92 Å². The molecule has 9 amide bonds. The van der Waals surface area contributed by atoms with Crippen molar-refractivity contribution in [1.29, 1.82) is 0 Å². The zero-order valence-electron chi connectivity index (χ0n) is 77.2. The summed E-state index contributed by atoms with van der Waals surface area (Å²) in [5, 5.41) is 188. The van der Waals surface area contributed by atoms with Gasteiger partial charge in [-0.15, -0.1) is 0 Å². The zero-order valence-corrected chi connectivity index (χ0v) is 78.8. The summed E-state index contributed by atoms with van der Waals surface area (Å²) in [4.78, 5) is 144. The van der Waals surface area contributed by atoms with Crippen molar-refractivity contribution < 1.29 is 157 Å². The molecule has 0 aliphatic carbocycles. The van der Waals surface area contributed by atoms with Crippen molar-refractivity contribution in [2.24, 2.45) is 5.92 Å². The van der Waals surface area contributed by atoms with Crippen LogP contribution < -0.4 is 76.9 Å². The van der Waals surface area contributed by atoms with E-state index in [0.29, 0.717) is 25.3 Å². The predicted octanol–water partition coefficient (Wildman–Crippen LogP) is 2.04. The second-order valence-electron chi connectivity index (χ2n) is 36.2. The standard InChI is InChI=1S/C96H115Cl2N11O32/c1-41(2)14-11-9-7-8-10-12-15-68(118)103-76-82(123)79(120)66(39-111)138-95(76)141-86-63-33-48-34-64(86)135-60-23-19-46(31-55(60)98)85(140-94-75(101-42(3)113)81(122)78(119)65(38-110)137-94)77-93(132)107-74(88(127)100-24-13-25-109(5)6)53-36-50(115)37-62(136-96-84(125)83(124)80(121)67(40-112)139-96)69(53)52-30-44(17-20-57(52)116)71(90(129)108-77)105-92(131)73(48)106-91(130)72-47-28-49(114)35-51(29-47)133-61-32-45(18-21-58(61)117)70(99-4)89(128)102-56(87(126)104-72)27-43-16-22-59(134-63)54(97)26-43/h16-23,26,28-37,41,56,65-67,70-85,94-96,99,110-112,114-117,119-125H,7-15,24-25,27,38-40H2,1-6H3,(H,100,127)(H,101,113)(H,102,128)(H,103,118)(H,104,126)(H,105,131)(H,106,130)(H,107,132)(H,108,129)/t56-,65-,66-,67-,70+,71-,72+,73-,74+,75-,76-,77+,78-,79-,80-,81-,82-,83+,84+,85-,94+,95+,96+/m1/s1. The SMILES string of the molecule is CN[C@@H]1C(=O)N[C@@H]2Cc3ccc(c(Cl)c3)Oc3cc4cc(c3O[C@@H]3O[C@H](CO)[C@@H](O)[C@H](O)[C@H]3NC(=O)CCCCCCCCC(C)C)Oc3ccc(cc3Cl)[C@@H](O[C@@H]3O[C@H](CO)[C@@H](O)[C@H](O)[C@H]3NC(C)=O)[C@@H]3NC(=O)[C@H](NC(=O)[C@@H]4NC(=O)[C@@H](NC2=O)c2cc(O)cc(c2)Oc2cc1ccc2O)c1ccc(O)c(c1)-c1c(O[C@H]2O[C@H](CO)[C@@H](O)[C@H](O)[C@@H]2O)cc(O)cc1[C@@H](C(=O)NCCCN(C)C)NC3=O. The molecular formula is C96H115Cl2N11O32. The number of carbonyl (C=O) groups excluding carboxylic acids is 9. The van der Waals surface area contributed by atoms with Gasteiger partial charge >= 0.3 is 0 Å². The summed E-state index contributed by atoms with van der Waals surface area (Å²) in [6, 6.07) is 2.80. The normalized spacial score (nSPS) is 27.8. The monoisotopic (exact) mass is 2000 g/mol. The Hall–Kier alpha value is -12.1. The highest BCUT2D eigenvalue weighted by molar-refractivity contribution is 6.32. The Morgan fingerprint density at radius 2 is 1.06 bits per heavy atom. The molecule has 24 N–H and O–H groups in total. The quantitative estimate of drug-likeness (QED) is 0.0345. The van der Waals surface area contributed by atoms with Crippen molar-refractivity contribution in [2.45, 2.75) is 225 Å². The van der Waals surface area contributed by atoms with Gasteiger partial charge in [-0.05, 0) is 164 Å². The fourth-order valence-corrected chi connectivity index (χ4v) is 18.3. The molecule has 3 saturated heterocycles. The number of benzene rings is 7. The number of halogens is 2. The van der Waals surface area contributed by atoms with Gasteiger partial charge in [-0.2, -0.15) is 0 Å². The number of aliphatic hydroxyl groups is 10. The summed E-state index contributed by atoms with van der Waals surface area (Å²) in [5.41, 5.74) is -2.97. The van der Waals surface area contributed by atoms with Crippen molar-refractivity contribution in [1.82, 2.24) is 58.1 Å². The number of carbonyl (C=O) groups is 9. The van der Waals surface area contributed by atoms with Crippen LogP contribution in [0.4, 0.5) is 0 Å². The molecule has 45 heteroatoms. The van der Waals surface area contributed by atoms with Crippen molar-refractivity contribution in [3.05, 3.63) is 164 Å². The lowest BCUT2D eigenvalue weighted by molar-refractivity contribution is -0.284. The lowest BCUT2D eigenvalue weighted by Gasteiger charge is -2.44. The molecule has 17 bridgehead atoms. The van der Waals surface area contributed by atoms with Gasteiger partial charge in [0.15, 0.2) is 29.3 Å². The zero-order chi connectivity index (χ0) is 101. The molecule has 23 atom stereocenters. The van der Waals surface area contributed by atoms with E-state index in [1.54, 1.807) is 19.0 Å². The molecule has 3 fully saturated rings. The van der Waals surface area contributed by atoms with Crippen LogP contribution in [0.2, 0.25) is 10.0 Å². The van der Waals surface area contributed by atoms with Crippen LogP contribution in [-0.4, -0.2) is 288 Å². The lowest BCUT2D eigenvalue weighted by Crippen LogP contribution is -2.65. The summed E-state index contributed by atoms with van der Waals surface area (Å²) < 4.78 is 58.5. The highest BCUT2D eigenvalue weighted by atomic mass is 35.5. The van der Waals surface area contributed by atoms with E-state index in [4.69, 9.17) is 65.8 Å². The summed E-state index contributed by atoms with van der Waals surface area (Å²) in [6.45, 7) is 2.36.